The number of carbonyl (C=O) groups is 1. The second-order valence-electron chi connectivity index (χ2n) is 6.37. The van der Waals surface area contributed by atoms with Gasteiger partial charge in [-0.2, -0.15) is 9.30 Å². The molecule has 9 heteroatoms. The number of carbonyl (C=O) groups excluding carboxylic acids is 1. The van der Waals surface area contributed by atoms with Crippen molar-refractivity contribution < 1.29 is 17.9 Å². The van der Waals surface area contributed by atoms with Crippen LogP contribution in [0.4, 0.5) is 0 Å². The molecule has 0 unspecified atom stereocenters. The lowest BCUT2D eigenvalue weighted by Gasteiger charge is -2.26. The molecule has 0 N–H and O–H groups in total. The fourth-order valence-electron chi connectivity index (χ4n) is 3.07. The van der Waals surface area contributed by atoms with E-state index in [9.17, 15) is 13.2 Å². The highest BCUT2D eigenvalue weighted by atomic mass is 32.2. The summed E-state index contributed by atoms with van der Waals surface area (Å²) in [5.74, 6) is -0.471. The molecule has 1 saturated heterocycles. The molecule has 2 heterocycles. The molecule has 2 aromatic carbocycles. The monoisotopic (exact) mass is 417 g/mol. The summed E-state index contributed by atoms with van der Waals surface area (Å²) >= 11 is 1.41. The Labute approximate surface area is 166 Å². The zero-order valence-electron chi connectivity index (χ0n) is 15.2. The predicted octanol–water partition coefficient (Wildman–Crippen LogP) is 2.00. The number of ether oxygens (including phenoxy) is 1. The van der Waals surface area contributed by atoms with Gasteiger partial charge in [0.25, 0.3) is 5.91 Å². The molecular formula is C19H19N3O4S2. The van der Waals surface area contributed by atoms with Crippen molar-refractivity contribution in [2.24, 2.45) is 12.0 Å². The van der Waals surface area contributed by atoms with Crippen molar-refractivity contribution in [1.82, 2.24) is 8.87 Å². The Kier molecular flexibility index (Phi) is 5.15. The summed E-state index contributed by atoms with van der Waals surface area (Å²) in [4.78, 5) is 17.6. The van der Waals surface area contributed by atoms with Crippen LogP contribution >= 0.6 is 11.3 Å². The highest BCUT2D eigenvalue weighted by Gasteiger charge is 2.26. The number of thiazole rings is 1. The number of benzene rings is 2. The minimum absolute atomic E-state index is 0.0937. The Hall–Kier alpha value is -2.33. The number of fused-ring (bicyclic) bond motifs is 1. The molecule has 146 valence electrons. The molecule has 0 atom stereocenters. The quantitative estimate of drug-likeness (QED) is 0.653. The molecule has 7 nitrogen and oxygen atoms in total. The molecule has 0 spiro atoms. The highest BCUT2D eigenvalue weighted by molar-refractivity contribution is 7.89. The third-order valence-corrected chi connectivity index (χ3v) is 7.61. The van der Waals surface area contributed by atoms with E-state index in [1.807, 2.05) is 35.9 Å². The summed E-state index contributed by atoms with van der Waals surface area (Å²) in [7, 11) is -1.81. The number of sulfonamides is 1. The van der Waals surface area contributed by atoms with E-state index in [4.69, 9.17) is 4.74 Å². The van der Waals surface area contributed by atoms with Crippen molar-refractivity contribution in [1.29, 1.82) is 0 Å². The minimum Gasteiger partial charge on any atom is -0.379 e. The van der Waals surface area contributed by atoms with Gasteiger partial charge < -0.3 is 9.30 Å². The van der Waals surface area contributed by atoms with Gasteiger partial charge in [0, 0.05) is 25.7 Å². The molecule has 0 radical (unpaired) electrons. The Morgan fingerprint density at radius 3 is 2.61 bits per heavy atom. The standard InChI is InChI=1S/C19H19N3O4S2/c1-21-16-7-2-3-8-17(16)27-19(21)20-18(23)14-5-4-6-15(13-14)28(24,25)22-9-11-26-12-10-22/h2-8,13H,9-12H2,1H3. The van der Waals surface area contributed by atoms with Crippen LogP contribution in [0, 0.1) is 0 Å². The number of morpholine rings is 1. The normalized spacial score (nSPS) is 16.5. The van der Waals surface area contributed by atoms with Gasteiger partial charge in [0.05, 0.1) is 28.3 Å². The van der Waals surface area contributed by atoms with Crippen LogP contribution in [-0.4, -0.2) is 49.5 Å². The third kappa shape index (κ3) is 3.53. The van der Waals surface area contributed by atoms with E-state index in [0.717, 1.165) is 10.2 Å². The van der Waals surface area contributed by atoms with E-state index in [2.05, 4.69) is 4.99 Å². The summed E-state index contributed by atoms with van der Waals surface area (Å²) in [6.45, 7) is 1.36. The first kappa shape index (κ1) is 19.0. The van der Waals surface area contributed by atoms with Crippen molar-refractivity contribution in [3.63, 3.8) is 0 Å². The molecule has 1 fully saturated rings. The number of hydrogen-bond donors (Lipinski definition) is 0. The maximum Gasteiger partial charge on any atom is 0.279 e. The van der Waals surface area contributed by atoms with E-state index in [-0.39, 0.29) is 10.5 Å². The zero-order valence-corrected chi connectivity index (χ0v) is 16.9. The lowest BCUT2D eigenvalue weighted by molar-refractivity contribution is 0.0730. The summed E-state index contributed by atoms with van der Waals surface area (Å²) in [6, 6.07) is 13.8. The number of nitrogens with zero attached hydrogens (tertiary/aromatic N) is 3. The number of aromatic nitrogens is 1. The summed E-state index contributed by atoms with van der Waals surface area (Å²) < 4.78 is 35.1. The van der Waals surface area contributed by atoms with Crippen LogP contribution in [0.25, 0.3) is 10.2 Å². The summed E-state index contributed by atoms with van der Waals surface area (Å²) in [6.07, 6.45) is 0. The molecule has 0 saturated carbocycles. The lowest BCUT2D eigenvalue weighted by Crippen LogP contribution is -2.40. The lowest BCUT2D eigenvalue weighted by atomic mass is 10.2. The minimum atomic E-state index is -3.66. The maximum atomic E-state index is 12.8. The smallest absolute Gasteiger partial charge is 0.279 e. The summed E-state index contributed by atoms with van der Waals surface area (Å²) in [5.41, 5.74) is 1.23. The van der Waals surface area contributed by atoms with Gasteiger partial charge in [0.15, 0.2) is 4.80 Å². The van der Waals surface area contributed by atoms with Crippen LogP contribution in [0.3, 0.4) is 0 Å². The Morgan fingerprint density at radius 2 is 1.86 bits per heavy atom. The van der Waals surface area contributed by atoms with E-state index in [1.165, 1.54) is 27.8 Å². The maximum absolute atomic E-state index is 12.8. The van der Waals surface area contributed by atoms with E-state index >= 15 is 0 Å². The largest absolute Gasteiger partial charge is 0.379 e. The van der Waals surface area contributed by atoms with Crippen molar-refractivity contribution in [3.05, 3.63) is 58.9 Å². The Balaban J connectivity index is 1.69. The molecular weight excluding hydrogens is 398 g/mol. The Morgan fingerprint density at radius 1 is 1.11 bits per heavy atom. The van der Waals surface area contributed by atoms with Gasteiger partial charge in [-0.1, -0.05) is 29.5 Å². The van der Waals surface area contributed by atoms with Crippen LogP contribution in [0.2, 0.25) is 0 Å². The van der Waals surface area contributed by atoms with Crippen LogP contribution in [0.1, 0.15) is 10.4 Å². The van der Waals surface area contributed by atoms with Gasteiger partial charge in [0.2, 0.25) is 10.0 Å². The van der Waals surface area contributed by atoms with Gasteiger partial charge in [-0.05, 0) is 30.3 Å². The number of aryl methyl sites for hydroxylation is 1. The van der Waals surface area contributed by atoms with Gasteiger partial charge in [-0.25, -0.2) is 8.42 Å². The van der Waals surface area contributed by atoms with E-state index in [1.54, 1.807) is 12.1 Å². The highest BCUT2D eigenvalue weighted by Crippen LogP contribution is 2.19. The second-order valence-corrected chi connectivity index (χ2v) is 9.32. The van der Waals surface area contributed by atoms with Crippen molar-refractivity contribution in [3.8, 4) is 0 Å². The molecule has 0 bridgehead atoms. The first-order valence-corrected chi connectivity index (χ1v) is 11.0. The van der Waals surface area contributed by atoms with Gasteiger partial charge in [-0.15, -0.1) is 0 Å². The molecule has 0 aliphatic carbocycles. The van der Waals surface area contributed by atoms with Gasteiger partial charge in [0.1, 0.15) is 0 Å². The van der Waals surface area contributed by atoms with Crippen LogP contribution in [0.5, 0.6) is 0 Å². The van der Waals surface area contributed by atoms with Crippen LogP contribution in [-0.2, 0) is 21.8 Å². The van der Waals surface area contributed by atoms with Crippen molar-refractivity contribution in [2.45, 2.75) is 4.90 Å². The van der Waals surface area contributed by atoms with Crippen molar-refractivity contribution >= 4 is 37.5 Å². The Bertz CT molecular complexity index is 1210. The zero-order chi connectivity index (χ0) is 19.7. The molecule has 1 amide bonds. The fourth-order valence-corrected chi connectivity index (χ4v) is 5.54. The first-order valence-electron chi connectivity index (χ1n) is 8.78. The molecule has 4 rings (SSSR count). The fraction of sp³-hybridized carbons (Fsp3) is 0.263. The molecule has 1 aliphatic heterocycles. The van der Waals surface area contributed by atoms with Crippen molar-refractivity contribution in [2.75, 3.05) is 26.3 Å². The van der Waals surface area contributed by atoms with Crippen LogP contribution in [0.15, 0.2) is 58.4 Å². The summed E-state index contributed by atoms with van der Waals surface area (Å²) in [5, 5.41) is 0. The average Bonchev–Trinajstić information content (AvgIpc) is 3.04. The van der Waals surface area contributed by atoms with Gasteiger partial charge >= 0.3 is 0 Å². The molecule has 1 aliphatic rings. The van der Waals surface area contributed by atoms with E-state index in [0.29, 0.717) is 31.1 Å². The number of hydrogen-bond acceptors (Lipinski definition) is 5. The first-order chi connectivity index (χ1) is 13.5. The second kappa shape index (κ2) is 7.59. The van der Waals surface area contributed by atoms with Gasteiger partial charge in [-0.3, -0.25) is 4.79 Å². The van der Waals surface area contributed by atoms with Crippen LogP contribution < -0.4 is 4.80 Å². The molecule has 3 aromatic rings. The molecule has 28 heavy (non-hydrogen) atoms. The molecule has 1 aromatic heterocycles. The average molecular weight is 418 g/mol. The third-order valence-electron chi connectivity index (χ3n) is 4.60. The predicted molar refractivity (Wildman–Crippen MR) is 107 cm³/mol. The number of para-hydroxylation sites is 1. The number of amides is 1. The van der Waals surface area contributed by atoms with E-state index < -0.39 is 15.9 Å². The SMILES string of the molecule is Cn1c(=NC(=O)c2cccc(S(=O)(=O)N3CCOCC3)c2)sc2ccccc21. The topological polar surface area (TPSA) is 81.0 Å². The number of rotatable bonds is 3.